The summed E-state index contributed by atoms with van der Waals surface area (Å²) in [4.78, 5) is 23.9. The van der Waals surface area contributed by atoms with Crippen molar-refractivity contribution < 1.29 is 9.90 Å². The fourth-order valence-electron chi connectivity index (χ4n) is 2.57. The minimum atomic E-state index is -1.12. The molecule has 26 heavy (non-hydrogen) atoms. The van der Waals surface area contributed by atoms with Crippen LogP contribution in [0.25, 0.3) is 10.9 Å². The number of nitrogens with two attached hydrogens (primary N) is 1. The molecule has 0 saturated heterocycles. The summed E-state index contributed by atoms with van der Waals surface area (Å²) >= 11 is 6.18. The molecule has 1 aromatic carbocycles. The predicted molar refractivity (Wildman–Crippen MR) is 96.9 cm³/mol. The summed E-state index contributed by atoms with van der Waals surface area (Å²) in [6.45, 7) is 1.71. The number of nitrogens with one attached hydrogen (secondary N) is 1. The first-order valence-electron chi connectivity index (χ1n) is 7.52. The highest BCUT2D eigenvalue weighted by Crippen LogP contribution is 2.28. The van der Waals surface area contributed by atoms with Crippen molar-refractivity contribution >= 4 is 40.1 Å². The van der Waals surface area contributed by atoms with Crippen molar-refractivity contribution in [3.05, 3.63) is 52.4 Å². The van der Waals surface area contributed by atoms with Crippen LogP contribution in [0.5, 0.6) is 0 Å². The highest BCUT2D eigenvalue weighted by atomic mass is 35.5. The van der Waals surface area contributed by atoms with Crippen molar-refractivity contribution in [2.45, 2.75) is 13.0 Å². The summed E-state index contributed by atoms with van der Waals surface area (Å²) in [5.41, 5.74) is 6.54. The van der Waals surface area contributed by atoms with Crippen LogP contribution in [-0.4, -0.2) is 26.0 Å². The highest BCUT2D eigenvalue weighted by Gasteiger charge is 2.21. The molecule has 0 aliphatic rings. The molecule has 0 radical (unpaired) electrons. The van der Waals surface area contributed by atoms with Crippen LogP contribution in [0.1, 0.15) is 34.6 Å². The van der Waals surface area contributed by atoms with Gasteiger partial charge in [-0.3, -0.25) is 0 Å². The molecule has 0 bridgehead atoms. The van der Waals surface area contributed by atoms with Gasteiger partial charge in [0.05, 0.1) is 27.8 Å². The zero-order valence-corrected chi connectivity index (χ0v) is 14.3. The number of rotatable bonds is 4. The van der Waals surface area contributed by atoms with Crippen molar-refractivity contribution in [3.63, 3.8) is 0 Å². The first-order valence-corrected chi connectivity index (χ1v) is 7.89. The second kappa shape index (κ2) is 6.82. The number of nitrogen functional groups attached to an aromatic ring is 1. The Morgan fingerprint density at radius 3 is 2.88 bits per heavy atom. The number of anilines is 2. The Bertz CT molecular complexity index is 1060. The summed E-state index contributed by atoms with van der Waals surface area (Å²) in [5.74, 6) is -0.888. The molecule has 0 unspecified atom stereocenters. The van der Waals surface area contributed by atoms with Gasteiger partial charge in [-0.2, -0.15) is 5.26 Å². The van der Waals surface area contributed by atoms with Gasteiger partial charge in [0.25, 0.3) is 0 Å². The number of nitrogens with zero attached hydrogens (tertiary/aromatic N) is 4. The number of hydrogen-bond donors (Lipinski definition) is 3. The van der Waals surface area contributed by atoms with Crippen LogP contribution in [0.15, 0.2) is 30.6 Å². The molecule has 3 aromatic rings. The van der Waals surface area contributed by atoms with E-state index in [1.807, 2.05) is 6.07 Å². The molecule has 0 aliphatic carbocycles. The number of halogens is 1. The zero-order valence-electron chi connectivity index (χ0n) is 13.6. The van der Waals surface area contributed by atoms with Crippen LogP contribution >= 0.6 is 11.6 Å². The maximum atomic E-state index is 11.7. The van der Waals surface area contributed by atoms with Gasteiger partial charge in [-0.1, -0.05) is 23.7 Å². The molecule has 0 amide bonds. The number of nitriles is 1. The number of carboxylic acid groups (broad SMARTS) is 1. The van der Waals surface area contributed by atoms with Crippen molar-refractivity contribution in [2.24, 2.45) is 0 Å². The normalized spacial score (nSPS) is 11.7. The lowest BCUT2D eigenvalue weighted by molar-refractivity contribution is 0.0695. The van der Waals surface area contributed by atoms with E-state index in [0.29, 0.717) is 15.9 Å². The third kappa shape index (κ3) is 3.08. The number of aromatic nitrogens is 3. The lowest BCUT2D eigenvalue weighted by atomic mass is 10.0. The fourth-order valence-corrected chi connectivity index (χ4v) is 2.79. The molecule has 0 fully saturated rings. The van der Waals surface area contributed by atoms with Crippen LogP contribution < -0.4 is 11.1 Å². The van der Waals surface area contributed by atoms with Gasteiger partial charge in [0, 0.05) is 5.39 Å². The van der Waals surface area contributed by atoms with Gasteiger partial charge in [0.15, 0.2) is 0 Å². The summed E-state index contributed by atoms with van der Waals surface area (Å²) in [6.07, 6.45) is 1.22. The maximum Gasteiger partial charge on any atom is 0.337 e. The number of carboxylic acids is 1. The molecular weight excluding hydrogens is 356 g/mol. The summed E-state index contributed by atoms with van der Waals surface area (Å²) < 4.78 is 0. The summed E-state index contributed by atoms with van der Waals surface area (Å²) in [6, 6.07) is 8.00. The summed E-state index contributed by atoms with van der Waals surface area (Å²) in [5, 5.41) is 22.8. The first-order chi connectivity index (χ1) is 12.4. The Balaban J connectivity index is 2.11. The van der Waals surface area contributed by atoms with E-state index in [-0.39, 0.29) is 28.5 Å². The molecule has 9 heteroatoms. The molecule has 0 spiro atoms. The molecule has 8 nitrogen and oxygen atoms in total. The van der Waals surface area contributed by atoms with E-state index in [1.165, 1.54) is 12.4 Å². The topological polar surface area (TPSA) is 138 Å². The van der Waals surface area contributed by atoms with Crippen LogP contribution in [0.3, 0.4) is 0 Å². The number of carbonyl (C=O) groups is 1. The molecule has 2 heterocycles. The molecule has 1 atom stereocenters. The minimum Gasteiger partial charge on any atom is -0.478 e. The van der Waals surface area contributed by atoms with Crippen LogP contribution in [0.4, 0.5) is 11.6 Å². The average Bonchev–Trinajstić information content (AvgIpc) is 2.61. The molecule has 130 valence electrons. The van der Waals surface area contributed by atoms with E-state index in [9.17, 15) is 15.2 Å². The van der Waals surface area contributed by atoms with E-state index in [4.69, 9.17) is 17.3 Å². The van der Waals surface area contributed by atoms with E-state index >= 15 is 0 Å². The second-order valence-electron chi connectivity index (χ2n) is 5.50. The lowest BCUT2D eigenvalue weighted by Gasteiger charge is -2.18. The molecule has 2 aromatic heterocycles. The number of aromatic carboxylic acids is 1. The number of pyridine rings is 1. The maximum absolute atomic E-state index is 11.7. The van der Waals surface area contributed by atoms with Crippen molar-refractivity contribution in [1.82, 2.24) is 15.0 Å². The van der Waals surface area contributed by atoms with E-state index in [0.717, 1.165) is 0 Å². The predicted octanol–water partition coefficient (Wildman–Crippen LogP) is 3.00. The Hall–Kier alpha value is -3.44. The van der Waals surface area contributed by atoms with Gasteiger partial charge in [-0.25, -0.2) is 19.7 Å². The van der Waals surface area contributed by atoms with E-state index in [1.54, 1.807) is 25.1 Å². The monoisotopic (exact) mass is 368 g/mol. The molecule has 0 saturated carbocycles. The number of fused-ring (bicyclic) bond motifs is 1. The van der Waals surface area contributed by atoms with Gasteiger partial charge >= 0.3 is 5.97 Å². The second-order valence-corrected chi connectivity index (χ2v) is 5.91. The fraction of sp³-hybridized carbons (Fsp3) is 0.118. The third-order valence-corrected chi connectivity index (χ3v) is 4.11. The van der Waals surface area contributed by atoms with Crippen molar-refractivity contribution in [1.29, 1.82) is 5.26 Å². The average molecular weight is 369 g/mol. The van der Waals surface area contributed by atoms with Gasteiger partial charge < -0.3 is 16.2 Å². The zero-order chi connectivity index (χ0) is 18.8. The standard InChI is InChI=1S/C17H13ClN6O2/c1-8(23-16-11(6-19)15(20)21-7-22-16)13-10(17(25)26)5-9-3-2-4-12(18)14(9)24-13/h2-5,7-8H,1H3,(H,25,26)(H3,20,21,22,23)/t8-/m0/s1. The van der Waals surface area contributed by atoms with Crippen LogP contribution in [0.2, 0.25) is 5.02 Å². The molecule has 4 N–H and O–H groups in total. The Labute approximate surface area is 153 Å². The number of benzene rings is 1. The largest absolute Gasteiger partial charge is 0.478 e. The first kappa shape index (κ1) is 17.4. The number of para-hydroxylation sites is 1. The quantitative estimate of drug-likeness (QED) is 0.638. The third-order valence-electron chi connectivity index (χ3n) is 3.81. The lowest BCUT2D eigenvalue weighted by Crippen LogP contribution is -2.16. The van der Waals surface area contributed by atoms with Gasteiger partial charge in [-0.15, -0.1) is 0 Å². The number of hydrogen-bond acceptors (Lipinski definition) is 7. The van der Waals surface area contributed by atoms with Crippen LogP contribution in [-0.2, 0) is 0 Å². The Morgan fingerprint density at radius 1 is 1.42 bits per heavy atom. The van der Waals surface area contributed by atoms with Gasteiger partial charge in [0.2, 0.25) is 0 Å². The Morgan fingerprint density at radius 2 is 2.19 bits per heavy atom. The minimum absolute atomic E-state index is 0.0281. The molecule has 3 rings (SSSR count). The van der Waals surface area contributed by atoms with Gasteiger partial charge in [0.1, 0.15) is 29.6 Å². The van der Waals surface area contributed by atoms with Gasteiger partial charge in [-0.05, 0) is 19.1 Å². The van der Waals surface area contributed by atoms with E-state index in [2.05, 4.69) is 20.3 Å². The SMILES string of the molecule is C[C@H](Nc1ncnc(N)c1C#N)c1nc2c(Cl)cccc2cc1C(=O)O. The molecular formula is C17H13ClN6O2. The van der Waals surface area contributed by atoms with Crippen LogP contribution in [0, 0.1) is 11.3 Å². The smallest absolute Gasteiger partial charge is 0.337 e. The Kier molecular flexibility index (Phi) is 4.56. The van der Waals surface area contributed by atoms with Crippen molar-refractivity contribution in [2.75, 3.05) is 11.1 Å². The molecule has 0 aliphatic heterocycles. The summed E-state index contributed by atoms with van der Waals surface area (Å²) in [7, 11) is 0. The van der Waals surface area contributed by atoms with Crippen molar-refractivity contribution in [3.8, 4) is 6.07 Å². The van der Waals surface area contributed by atoms with E-state index < -0.39 is 12.0 Å². The highest BCUT2D eigenvalue weighted by molar-refractivity contribution is 6.35.